The first-order valence-corrected chi connectivity index (χ1v) is 7.09. The minimum absolute atomic E-state index is 0.174. The van der Waals surface area contributed by atoms with Crippen molar-refractivity contribution in [2.24, 2.45) is 0 Å². The van der Waals surface area contributed by atoms with Gasteiger partial charge in [-0.05, 0) is 25.8 Å². The maximum atomic E-state index is 10.6. The van der Waals surface area contributed by atoms with Crippen molar-refractivity contribution in [3.63, 3.8) is 0 Å². The second-order valence-electron chi connectivity index (χ2n) is 4.67. The van der Waals surface area contributed by atoms with E-state index in [9.17, 15) is 4.79 Å². The monoisotopic (exact) mass is 275 g/mol. The van der Waals surface area contributed by atoms with E-state index in [2.05, 4.69) is 36.2 Å². The van der Waals surface area contributed by atoms with Gasteiger partial charge in [0.05, 0.1) is 17.1 Å². The zero-order chi connectivity index (χ0) is 13.8. The molecule has 0 aliphatic carbocycles. The summed E-state index contributed by atoms with van der Waals surface area (Å²) < 4.78 is 0. The van der Waals surface area contributed by atoms with Crippen molar-refractivity contribution in [2.45, 2.75) is 33.1 Å². The third-order valence-electron chi connectivity index (χ3n) is 2.98. The summed E-state index contributed by atoms with van der Waals surface area (Å²) >= 11 is 1.63. The number of aromatic nitrogens is 1. The van der Waals surface area contributed by atoms with Crippen molar-refractivity contribution >= 4 is 17.3 Å². The van der Waals surface area contributed by atoms with Crippen LogP contribution >= 0.6 is 11.3 Å². The van der Waals surface area contributed by atoms with Crippen molar-refractivity contribution in [1.82, 2.24) is 4.98 Å². The minimum Gasteiger partial charge on any atom is -0.481 e. The van der Waals surface area contributed by atoms with E-state index in [0.29, 0.717) is 6.42 Å². The molecule has 3 nitrogen and oxygen atoms in total. The van der Waals surface area contributed by atoms with Crippen LogP contribution in [0.4, 0.5) is 0 Å². The molecule has 0 amide bonds. The molecule has 100 valence electrons. The molecule has 4 heteroatoms. The first kappa shape index (κ1) is 13.7. The van der Waals surface area contributed by atoms with Crippen LogP contribution in [0.3, 0.4) is 0 Å². The molecule has 0 bridgehead atoms. The summed E-state index contributed by atoms with van der Waals surface area (Å²) in [5.74, 6) is -0.757. The molecule has 1 N–H and O–H groups in total. The normalized spacial score (nSPS) is 10.6. The lowest BCUT2D eigenvalue weighted by atomic mass is 10.1. The molecule has 2 rings (SSSR count). The summed E-state index contributed by atoms with van der Waals surface area (Å²) in [5.41, 5.74) is 3.46. The predicted molar refractivity (Wildman–Crippen MR) is 76.8 cm³/mol. The summed E-state index contributed by atoms with van der Waals surface area (Å²) in [6, 6.07) is 8.42. The molecule has 19 heavy (non-hydrogen) atoms. The van der Waals surface area contributed by atoms with Gasteiger partial charge in [0.2, 0.25) is 0 Å². The van der Waals surface area contributed by atoms with Crippen LogP contribution in [0.25, 0.3) is 0 Å². The van der Waals surface area contributed by atoms with Crippen LogP contribution in [0.1, 0.15) is 33.1 Å². The Morgan fingerprint density at radius 3 is 2.58 bits per heavy atom. The maximum Gasteiger partial charge on any atom is 0.303 e. The number of aryl methyl sites for hydroxylation is 3. The zero-order valence-electron chi connectivity index (χ0n) is 11.1. The van der Waals surface area contributed by atoms with E-state index >= 15 is 0 Å². The third-order valence-corrected chi connectivity index (χ3v) is 4.20. The summed E-state index contributed by atoms with van der Waals surface area (Å²) in [4.78, 5) is 16.2. The quantitative estimate of drug-likeness (QED) is 0.910. The van der Waals surface area contributed by atoms with Crippen molar-refractivity contribution < 1.29 is 9.90 Å². The van der Waals surface area contributed by atoms with Crippen molar-refractivity contribution in [3.05, 3.63) is 51.0 Å². The Bertz CT molecular complexity index is 572. The van der Waals surface area contributed by atoms with Gasteiger partial charge >= 0.3 is 5.97 Å². The highest BCUT2D eigenvalue weighted by Gasteiger charge is 2.09. The molecule has 0 atom stereocenters. The van der Waals surface area contributed by atoms with Crippen molar-refractivity contribution in [1.29, 1.82) is 0 Å². The lowest BCUT2D eigenvalue weighted by Crippen LogP contribution is -1.96. The Kier molecular flexibility index (Phi) is 4.32. The number of hydrogen-bond acceptors (Lipinski definition) is 3. The second-order valence-corrected chi connectivity index (χ2v) is 5.84. The topological polar surface area (TPSA) is 50.2 Å². The third kappa shape index (κ3) is 3.89. The first-order valence-electron chi connectivity index (χ1n) is 6.27. The van der Waals surface area contributed by atoms with Crippen LogP contribution in [0, 0.1) is 13.8 Å². The Balaban J connectivity index is 2.07. The molecule has 0 unspecified atom stereocenters. The van der Waals surface area contributed by atoms with Crippen LogP contribution in [0.5, 0.6) is 0 Å². The molecule has 1 heterocycles. The predicted octanol–water partition coefficient (Wildman–Crippen LogP) is 3.37. The zero-order valence-corrected chi connectivity index (χ0v) is 12.0. The number of nitrogens with zero attached hydrogens (tertiary/aromatic N) is 1. The molecule has 2 aromatic rings. The van der Waals surface area contributed by atoms with Gasteiger partial charge in [0, 0.05) is 11.3 Å². The smallest absolute Gasteiger partial charge is 0.303 e. The number of carboxylic acids is 1. The minimum atomic E-state index is -0.757. The van der Waals surface area contributed by atoms with Crippen LogP contribution in [-0.4, -0.2) is 16.1 Å². The molecular formula is C15H17NO2S. The van der Waals surface area contributed by atoms with Gasteiger partial charge in [0.1, 0.15) is 0 Å². The summed E-state index contributed by atoms with van der Waals surface area (Å²) in [7, 11) is 0. The standard InChI is InChI=1S/C15H17NO2S/c1-10-3-5-12(6-4-10)9-14-16-11(2)13(19-14)7-8-15(17)18/h3-6H,7-9H2,1-2H3,(H,17,18). The van der Waals surface area contributed by atoms with Crippen LogP contribution in [0.2, 0.25) is 0 Å². The lowest BCUT2D eigenvalue weighted by Gasteiger charge is -1.98. The maximum absolute atomic E-state index is 10.6. The SMILES string of the molecule is Cc1ccc(Cc2nc(C)c(CCC(=O)O)s2)cc1. The van der Waals surface area contributed by atoms with E-state index in [1.165, 1.54) is 11.1 Å². The molecule has 1 aromatic heterocycles. The van der Waals surface area contributed by atoms with Gasteiger partial charge in [-0.3, -0.25) is 4.79 Å². The largest absolute Gasteiger partial charge is 0.481 e. The number of aliphatic carboxylic acids is 1. The van der Waals surface area contributed by atoms with E-state index < -0.39 is 5.97 Å². The molecule has 0 radical (unpaired) electrons. The van der Waals surface area contributed by atoms with E-state index in [-0.39, 0.29) is 6.42 Å². The highest BCUT2D eigenvalue weighted by Crippen LogP contribution is 2.22. The van der Waals surface area contributed by atoms with Gasteiger partial charge in [-0.25, -0.2) is 4.98 Å². The van der Waals surface area contributed by atoms with Crippen LogP contribution in [-0.2, 0) is 17.6 Å². The molecule has 0 spiro atoms. The summed E-state index contributed by atoms with van der Waals surface area (Å²) in [6.07, 6.45) is 1.57. The van der Waals surface area contributed by atoms with E-state index in [0.717, 1.165) is 22.0 Å². The van der Waals surface area contributed by atoms with Crippen molar-refractivity contribution in [3.8, 4) is 0 Å². The molecule has 0 fully saturated rings. The highest BCUT2D eigenvalue weighted by atomic mass is 32.1. The lowest BCUT2D eigenvalue weighted by molar-refractivity contribution is -0.136. The van der Waals surface area contributed by atoms with E-state index in [1.54, 1.807) is 11.3 Å². The number of carboxylic acid groups (broad SMARTS) is 1. The summed E-state index contributed by atoms with van der Waals surface area (Å²) in [6.45, 7) is 4.02. The van der Waals surface area contributed by atoms with Gasteiger partial charge in [0.25, 0.3) is 0 Å². The molecular weight excluding hydrogens is 258 g/mol. The second kappa shape index (κ2) is 5.97. The average Bonchev–Trinajstić information content (AvgIpc) is 2.70. The number of rotatable bonds is 5. The number of carbonyl (C=O) groups is 1. The molecule has 0 aliphatic rings. The Hall–Kier alpha value is -1.68. The van der Waals surface area contributed by atoms with Crippen LogP contribution in [0.15, 0.2) is 24.3 Å². The Labute approximate surface area is 116 Å². The Morgan fingerprint density at radius 1 is 1.26 bits per heavy atom. The van der Waals surface area contributed by atoms with Gasteiger partial charge in [-0.15, -0.1) is 11.3 Å². The first-order chi connectivity index (χ1) is 9.04. The van der Waals surface area contributed by atoms with Gasteiger partial charge in [0.15, 0.2) is 0 Å². The fourth-order valence-electron chi connectivity index (χ4n) is 1.90. The van der Waals surface area contributed by atoms with Crippen LogP contribution < -0.4 is 0 Å². The highest BCUT2D eigenvalue weighted by molar-refractivity contribution is 7.11. The molecule has 0 aliphatic heterocycles. The van der Waals surface area contributed by atoms with E-state index in [4.69, 9.17) is 5.11 Å². The Morgan fingerprint density at radius 2 is 1.95 bits per heavy atom. The molecule has 1 aromatic carbocycles. The number of benzene rings is 1. The number of hydrogen-bond donors (Lipinski definition) is 1. The van der Waals surface area contributed by atoms with Gasteiger partial charge in [-0.2, -0.15) is 0 Å². The van der Waals surface area contributed by atoms with Gasteiger partial charge in [-0.1, -0.05) is 29.8 Å². The average molecular weight is 275 g/mol. The summed E-state index contributed by atoms with van der Waals surface area (Å²) in [5, 5.41) is 9.78. The fourth-order valence-corrected chi connectivity index (χ4v) is 3.00. The number of thiazole rings is 1. The van der Waals surface area contributed by atoms with E-state index in [1.807, 2.05) is 6.92 Å². The molecule has 0 saturated carbocycles. The molecule has 0 saturated heterocycles. The van der Waals surface area contributed by atoms with Crippen molar-refractivity contribution in [2.75, 3.05) is 0 Å². The fraction of sp³-hybridized carbons (Fsp3) is 0.333. The van der Waals surface area contributed by atoms with Gasteiger partial charge < -0.3 is 5.11 Å².